The molecular formula is C11H13BrO3S. The second-order valence-corrected chi connectivity index (χ2v) is 6.89. The predicted octanol–water partition coefficient (Wildman–Crippen LogP) is 2.12. The van der Waals surface area contributed by atoms with Crippen LogP contribution in [0, 0.1) is 0 Å². The number of sulfone groups is 1. The highest BCUT2D eigenvalue weighted by Crippen LogP contribution is 2.23. The maximum absolute atomic E-state index is 12.0. The Morgan fingerprint density at radius 2 is 1.88 bits per heavy atom. The summed E-state index contributed by atoms with van der Waals surface area (Å²) in [6.45, 7) is 1.72. The van der Waals surface area contributed by atoms with Crippen LogP contribution in [0.3, 0.4) is 0 Å². The van der Waals surface area contributed by atoms with E-state index in [1.54, 1.807) is 31.2 Å². The molecule has 0 radical (unpaired) electrons. The molecule has 0 saturated carbocycles. The lowest BCUT2D eigenvalue weighted by Gasteiger charge is -2.14. The summed E-state index contributed by atoms with van der Waals surface area (Å²) in [6.07, 6.45) is 1.98. The summed E-state index contributed by atoms with van der Waals surface area (Å²) >= 11 is 3.01. The first-order valence-corrected chi connectivity index (χ1v) is 7.20. The molecule has 88 valence electrons. The average molecular weight is 305 g/mol. The molecule has 0 aliphatic heterocycles. The first kappa shape index (κ1) is 13.4. The van der Waals surface area contributed by atoms with Crippen LogP contribution < -0.4 is 0 Å². The summed E-state index contributed by atoms with van der Waals surface area (Å²) < 4.78 is 23.0. The minimum absolute atomic E-state index is 0.195. The van der Waals surface area contributed by atoms with E-state index in [2.05, 4.69) is 15.9 Å². The summed E-state index contributed by atoms with van der Waals surface area (Å²) in [6, 6.07) is 8.05. The van der Waals surface area contributed by atoms with Crippen LogP contribution in [0.25, 0.3) is 0 Å². The molecule has 0 saturated heterocycles. The van der Waals surface area contributed by atoms with Crippen molar-refractivity contribution in [1.82, 2.24) is 0 Å². The van der Waals surface area contributed by atoms with Crippen LogP contribution in [0.4, 0.5) is 0 Å². The minimum atomic E-state index is -3.54. The van der Waals surface area contributed by atoms with Gasteiger partial charge < -0.3 is 5.11 Å². The van der Waals surface area contributed by atoms with Crippen LogP contribution in [-0.2, 0) is 9.84 Å². The van der Waals surface area contributed by atoms with E-state index in [9.17, 15) is 13.5 Å². The van der Waals surface area contributed by atoms with Crippen molar-refractivity contribution in [3.8, 4) is 0 Å². The Morgan fingerprint density at radius 3 is 2.38 bits per heavy atom. The highest BCUT2D eigenvalue weighted by molar-refractivity contribution is 9.11. The summed E-state index contributed by atoms with van der Waals surface area (Å²) in [5.41, 5.74) is 0. The molecule has 0 aliphatic carbocycles. The van der Waals surface area contributed by atoms with Crippen LogP contribution >= 0.6 is 15.9 Å². The van der Waals surface area contributed by atoms with Gasteiger partial charge >= 0.3 is 0 Å². The summed E-state index contributed by atoms with van der Waals surface area (Å²) in [7, 11) is -3.54. The second kappa shape index (κ2) is 5.61. The Labute approximate surface area is 104 Å². The van der Waals surface area contributed by atoms with Crippen molar-refractivity contribution in [2.75, 3.05) is 0 Å². The standard InChI is InChI=1S/C11H13BrO3S/c1-2-6-10(13)11(12)16(14,15)9-7-4-3-5-8-9/h2-8,10-11,13H,1H3/b6-2+. The Bertz CT molecular complexity index is 453. The quantitative estimate of drug-likeness (QED) is 0.685. The van der Waals surface area contributed by atoms with Gasteiger partial charge in [0.05, 0.1) is 11.0 Å². The summed E-state index contributed by atoms with van der Waals surface area (Å²) in [5.74, 6) is 0. The van der Waals surface area contributed by atoms with E-state index in [1.807, 2.05) is 0 Å². The van der Waals surface area contributed by atoms with E-state index >= 15 is 0 Å². The van der Waals surface area contributed by atoms with Gasteiger partial charge in [0.15, 0.2) is 9.84 Å². The Balaban J connectivity index is 3.04. The Kier molecular flexibility index (Phi) is 4.70. The number of benzene rings is 1. The van der Waals surface area contributed by atoms with Crippen molar-refractivity contribution >= 4 is 25.8 Å². The van der Waals surface area contributed by atoms with Crippen LogP contribution in [0.15, 0.2) is 47.4 Å². The van der Waals surface area contributed by atoms with Crippen molar-refractivity contribution in [2.45, 2.75) is 22.1 Å². The van der Waals surface area contributed by atoms with E-state index in [-0.39, 0.29) is 4.90 Å². The largest absolute Gasteiger partial charge is 0.387 e. The molecule has 1 rings (SSSR count). The molecule has 0 aromatic heterocycles. The first-order chi connectivity index (χ1) is 7.50. The molecule has 0 fully saturated rings. The zero-order chi connectivity index (χ0) is 12.2. The predicted molar refractivity (Wildman–Crippen MR) is 67.2 cm³/mol. The number of halogens is 1. The normalized spacial score (nSPS) is 16.2. The van der Waals surface area contributed by atoms with Gasteiger partial charge in [-0.2, -0.15) is 0 Å². The molecule has 0 aliphatic rings. The van der Waals surface area contributed by atoms with Crippen LogP contribution in [0.5, 0.6) is 0 Å². The van der Waals surface area contributed by atoms with E-state index in [4.69, 9.17) is 0 Å². The fourth-order valence-electron chi connectivity index (χ4n) is 1.21. The second-order valence-electron chi connectivity index (χ2n) is 3.23. The molecule has 2 atom stereocenters. The molecule has 3 nitrogen and oxygen atoms in total. The first-order valence-electron chi connectivity index (χ1n) is 4.74. The molecule has 1 N–H and O–H groups in total. The lowest BCUT2D eigenvalue weighted by Crippen LogP contribution is -2.27. The Hall–Kier alpha value is -0.650. The minimum Gasteiger partial charge on any atom is -0.387 e. The SMILES string of the molecule is C/C=C/C(O)C(Br)S(=O)(=O)c1ccccc1. The summed E-state index contributed by atoms with van der Waals surface area (Å²) in [4.78, 5) is 0.195. The molecule has 1 aromatic rings. The highest BCUT2D eigenvalue weighted by atomic mass is 79.9. The molecule has 1 aromatic carbocycles. The third-order valence-corrected chi connectivity index (χ3v) is 5.85. The number of rotatable bonds is 4. The van der Waals surface area contributed by atoms with Gasteiger partial charge in [-0.15, -0.1) is 0 Å². The van der Waals surface area contributed by atoms with Crippen LogP contribution in [0.1, 0.15) is 6.92 Å². The fraction of sp³-hybridized carbons (Fsp3) is 0.273. The number of aliphatic hydroxyl groups is 1. The number of alkyl halides is 1. The molecule has 5 heteroatoms. The van der Waals surface area contributed by atoms with Gasteiger partial charge in [-0.05, 0) is 19.1 Å². The summed E-state index contributed by atoms with van der Waals surface area (Å²) in [5, 5.41) is 9.60. The molecule has 0 bridgehead atoms. The molecule has 16 heavy (non-hydrogen) atoms. The maximum atomic E-state index is 12.0. The van der Waals surface area contributed by atoms with Crippen molar-refractivity contribution < 1.29 is 13.5 Å². The van der Waals surface area contributed by atoms with Crippen molar-refractivity contribution in [2.24, 2.45) is 0 Å². The maximum Gasteiger partial charge on any atom is 0.194 e. The van der Waals surface area contributed by atoms with E-state index in [1.165, 1.54) is 18.2 Å². The number of aliphatic hydroxyl groups excluding tert-OH is 1. The van der Waals surface area contributed by atoms with Crippen molar-refractivity contribution in [3.63, 3.8) is 0 Å². The Morgan fingerprint density at radius 1 is 1.31 bits per heavy atom. The lowest BCUT2D eigenvalue weighted by molar-refractivity contribution is 0.239. The number of hydrogen-bond acceptors (Lipinski definition) is 3. The van der Waals surface area contributed by atoms with E-state index in [0.29, 0.717) is 0 Å². The molecule has 0 spiro atoms. The third-order valence-electron chi connectivity index (χ3n) is 2.03. The number of allylic oxidation sites excluding steroid dienone is 1. The number of hydrogen-bond donors (Lipinski definition) is 1. The van der Waals surface area contributed by atoms with Gasteiger partial charge in [0.1, 0.15) is 4.16 Å². The fourth-order valence-corrected chi connectivity index (χ4v) is 3.29. The smallest absolute Gasteiger partial charge is 0.194 e. The van der Waals surface area contributed by atoms with Gasteiger partial charge in [-0.1, -0.05) is 46.3 Å². The molecule has 2 unspecified atom stereocenters. The molecule has 0 amide bonds. The monoisotopic (exact) mass is 304 g/mol. The van der Waals surface area contributed by atoms with Crippen molar-refractivity contribution in [1.29, 1.82) is 0 Å². The molecular weight excluding hydrogens is 292 g/mol. The van der Waals surface area contributed by atoms with Gasteiger partial charge in [-0.25, -0.2) is 8.42 Å². The van der Waals surface area contributed by atoms with Gasteiger partial charge in [0.2, 0.25) is 0 Å². The van der Waals surface area contributed by atoms with Gasteiger partial charge in [-0.3, -0.25) is 0 Å². The lowest BCUT2D eigenvalue weighted by atomic mass is 10.4. The van der Waals surface area contributed by atoms with Gasteiger partial charge in [0.25, 0.3) is 0 Å². The molecule has 0 heterocycles. The van der Waals surface area contributed by atoms with Crippen molar-refractivity contribution in [3.05, 3.63) is 42.5 Å². The average Bonchev–Trinajstić information content (AvgIpc) is 2.29. The van der Waals surface area contributed by atoms with Crippen LogP contribution in [-0.4, -0.2) is 23.8 Å². The third kappa shape index (κ3) is 2.93. The highest BCUT2D eigenvalue weighted by Gasteiger charge is 2.29. The van der Waals surface area contributed by atoms with Crippen LogP contribution in [0.2, 0.25) is 0 Å². The zero-order valence-corrected chi connectivity index (χ0v) is 11.1. The van der Waals surface area contributed by atoms with Gasteiger partial charge in [0, 0.05) is 0 Å². The topological polar surface area (TPSA) is 54.4 Å². The van der Waals surface area contributed by atoms with E-state index in [0.717, 1.165) is 0 Å². The van der Waals surface area contributed by atoms with E-state index < -0.39 is 20.1 Å². The zero-order valence-electron chi connectivity index (χ0n) is 8.75.